The second-order valence-corrected chi connectivity index (χ2v) is 6.75. The van der Waals surface area contributed by atoms with Gasteiger partial charge in [-0.15, -0.1) is 0 Å². The first-order chi connectivity index (χ1) is 12.0. The second-order valence-electron chi connectivity index (χ2n) is 5.07. The minimum atomic E-state index is -3.82. The van der Waals surface area contributed by atoms with Crippen molar-refractivity contribution >= 4 is 21.6 Å². The molecular weight excluding hydrogens is 342 g/mol. The Morgan fingerprint density at radius 2 is 1.80 bits per heavy atom. The quantitative estimate of drug-likeness (QED) is 0.718. The zero-order valence-corrected chi connectivity index (χ0v) is 14.1. The number of hydrogen-bond acceptors (Lipinski definition) is 5. The zero-order chi connectivity index (χ0) is 17.9. The Morgan fingerprint density at radius 1 is 1.08 bits per heavy atom. The van der Waals surface area contributed by atoms with Crippen LogP contribution in [0.15, 0.2) is 66.1 Å². The summed E-state index contributed by atoms with van der Waals surface area (Å²) in [6.45, 7) is 0. The molecule has 0 aliphatic heterocycles. The van der Waals surface area contributed by atoms with Crippen LogP contribution in [0.5, 0.6) is 0 Å². The molecule has 0 radical (unpaired) electrons. The summed E-state index contributed by atoms with van der Waals surface area (Å²) in [7, 11) is -2.31. The number of benzene rings is 2. The Bertz CT molecular complexity index is 983. The summed E-state index contributed by atoms with van der Waals surface area (Å²) in [4.78, 5) is 15.5. The highest BCUT2D eigenvalue weighted by Gasteiger charge is 2.17. The van der Waals surface area contributed by atoms with Crippen molar-refractivity contribution in [3.05, 3.63) is 66.7 Å². The molecule has 0 saturated heterocycles. The van der Waals surface area contributed by atoms with Crippen molar-refractivity contribution in [1.29, 1.82) is 0 Å². The van der Waals surface area contributed by atoms with E-state index in [9.17, 15) is 13.2 Å². The first-order valence-electron chi connectivity index (χ1n) is 7.30. The number of nitrogens with one attached hydrogen (secondary N) is 2. The van der Waals surface area contributed by atoms with E-state index in [1.54, 1.807) is 24.3 Å². The highest BCUT2D eigenvalue weighted by Crippen LogP contribution is 2.22. The number of carbonyl (C=O) groups is 1. The smallest absolute Gasteiger partial charge is 0.261 e. The number of carbonyl (C=O) groups excluding carboxylic acids is 1. The van der Waals surface area contributed by atoms with Gasteiger partial charge >= 0.3 is 0 Å². The molecule has 2 N–H and O–H groups in total. The molecular formula is C16H15N5O3S. The summed E-state index contributed by atoms with van der Waals surface area (Å²) < 4.78 is 29.2. The summed E-state index contributed by atoms with van der Waals surface area (Å²) in [5.41, 5.74) is 1.29. The molecule has 0 spiro atoms. The van der Waals surface area contributed by atoms with Crippen LogP contribution in [-0.2, 0) is 10.0 Å². The van der Waals surface area contributed by atoms with E-state index in [0.717, 1.165) is 0 Å². The van der Waals surface area contributed by atoms with Crippen molar-refractivity contribution in [3.63, 3.8) is 0 Å². The number of para-hydroxylation sites is 2. The van der Waals surface area contributed by atoms with E-state index in [1.165, 1.54) is 48.6 Å². The Kier molecular flexibility index (Phi) is 4.48. The number of amides is 1. The van der Waals surface area contributed by atoms with Crippen LogP contribution in [0.2, 0.25) is 0 Å². The van der Waals surface area contributed by atoms with Crippen LogP contribution in [0, 0.1) is 0 Å². The molecule has 128 valence electrons. The van der Waals surface area contributed by atoms with Crippen LogP contribution in [0.4, 0.5) is 5.69 Å². The van der Waals surface area contributed by atoms with Gasteiger partial charge in [0.2, 0.25) is 0 Å². The summed E-state index contributed by atoms with van der Waals surface area (Å²) in [6.07, 6.45) is 2.84. The van der Waals surface area contributed by atoms with Crippen LogP contribution < -0.4 is 10.0 Å². The predicted octanol–water partition coefficient (Wildman–Crippen LogP) is 1.43. The molecule has 0 aliphatic rings. The molecule has 25 heavy (non-hydrogen) atoms. The molecule has 0 aliphatic carbocycles. The molecule has 9 heteroatoms. The van der Waals surface area contributed by atoms with E-state index in [0.29, 0.717) is 16.9 Å². The van der Waals surface area contributed by atoms with Gasteiger partial charge in [0.25, 0.3) is 15.9 Å². The monoisotopic (exact) mass is 357 g/mol. The van der Waals surface area contributed by atoms with E-state index in [4.69, 9.17) is 0 Å². The van der Waals surface area contributed by atoms with Gasteiger partial charge in [-0.1, -0.05) is 12.1 Å². The van der Waals surface area contributed by atoms with Crippen LogP contribution in [0.1, 0.15) is 10.4 Å². The first kappa shape index (κ1) is 16.7. The van der Waals surface area contributed by atoms with Gasteiger partial charge in [0.1, 0.15) is 12.7 Å². The van der Waals surface area contributed by atoms with Gasteiger partial charge in [-0.05, 0) is 36.4 Å². The Labute approximate surface area is 144 Å². The number of sulfonamides is 1. The van der Waals surface area contributed by atoms with Crippen molar-refractivity contribution in [2.45, 2.75) is 4.90 Å². The van der Waals surface area contributed by atoms with Gasteiger partial charge in [-0.2, -0.15) is 5.10 Å². The molecule has 0 saturated carbocycles. The third kappa shape index (κ3) is 3.50. The predicted molar refractivity (Wildman–Crippen MR) is 92.0 cm³/mol. The average molecular weight is 357 g/mol. The molecule has 8 nitrogen and oxygen atoms in total. The highest BCUT2D eigenvalue weighted by molar-refractivity contribution is 7.92. The topological polar surface area (TPSA) is 106 Å². The summed E-state index contributed by atoms with van der Waals surface area (Å²) in [5, 5.41) is 6.50. The standard InChI is InChI=1S/C16H15N5O3S/c1-17-16(22)12-6-8-13(9-7-12)25(23,24)20-14-4-2-3-5-15(14)21-11-18-10-19-21/h2-11,20H,1H3,(H,17,22). The van der Waals surface area contributed by atoms with E-state index < -0.39 is 10.0 Å². The van der Waals surface area contributed by atoms with Crippen LogP contribution >= 0.6 is 0 Å². The number of aromatic nitrogens is 3. The van der Waals surface area contributed by atoms with Crippen molar-refractivity contribution in [2.75, 3.05) is 11.8 Å². The Balaban J connectivity index is 1.91. The van der Waals surface area contributed by atoms with Gasteiger partial charge in [0, 0.05) is 12.6 Å². The van der Waals surface area contributed by atoms with Crippen molar-refractivity contribution in [1.82, 2.24) is 20.1 Å². The molecule has 0 unspecified atom stereocenters. The minimum absolute atomic E-state index is 0.0496. The van der Waals surface area contributed by atoms with E-state index >= 15 is 0 Å². The highest BCUT2D eigenvalue weighted by atomic mass is 32.2. The van der Waals surface area contributed by atoms with Gasteiger partial charge in [0.15, 0.2) is 0 Å². The number of rotatable bonds is 5. The molecule has 0 atom stereocenters. The third-order valence-corrected chi connectivity index (χ3v) is 4.85. The SMILES string of the molecule is CNC(=O)c1ccc(S(=O)(=O)Nc2ccccc2-n2cncn2)cc1. The average Bonchev–Trinajstić information content (AvgIpc) is 3.16. The Morgan fingerprint density at radius 3 is 2.44 bits per heavy atom. The summed E-state index contributed by atoms with van der Waals surface area (Å²) in [5.74, 6) is -0.284. The van der Waals surface area contributed by atoms with E-state index in [2.05, 4.69) is 20.1 Å². The van der Waals surface area contributed by atoms with E-state index in [1.807, 2.05) is 0 Å². The van der Waals surface area contributed by atoms with Crippen LogP contribution in [0.25, 0.3) is 5.69 Å². The fourth-order valence-corrected chi connectivity index (χ4v) is 3.30. The van der Waals surface area contributed by atoms with Crippen molar-refractivity contribution in [3.8, 4) is 5.69 Å². The molecule has 1 amide bonds. The summed E-state index contributed by atoms with van der Waals surface area (Å²) >= 11 is 0. The fraction of sp³-hybridized carbons (Fsp3) is 0.0625. The van der Waals surface area contributed by atoms with Gasteiger partial charge in [-0.3, -0.25) is 9.52 Å². The normalized spacial score (nSPS) is 11.1. The molecule has 1 aromatic heterocycles. The number of anilines is 1. The van der Waals surface area contributed by atoms with Gasteiger partial charge < -0.3 is 5.32 Å². The lowest BCUT2D eigenvalue weighted by Crippen LogP contribution is -2.18. The zero-order valence-electron chi connectivity index (χ0n) is 13.2. The molecule has 0 bridgehead atoms. The number of hydrogen-bond donors (Lipinski definition) is 2. The van der Waals surface area contributed by atoms with Crippen molar-refractivity contribution in [2.24, 2.45) is 0 Å². The maximum Gasteiger partial charge on any atom is 0.261 e. The van der Waals surface area contributed by atoms with Crippen LogP contribution in [0.3, 0.4) is 0 Å². The second kappa shape index (κ2) is 6.73. The minimum Gasteiger partial charge on any atom is -0.355 e. The largest absolute Gasteiger partial charge is 0.355 e. The third-order valence-electron chi connectivity index (χ3n) is 3.47. The van der Waals surface area contributed by atoms with Crippen molar-refractivity contribution < 1.29 is 13.2 Å². The van der Waals surface area contributed by atoms with Gasteiger partial charge in [0.05, 0.1) is 16.3 Å². The lowest BCUT2D eigenvalue weighted by atomic mass is 10.2. The number of nitrogens with zero attached hydrogens (tertiary/aromatic N) is 3. The molecule has 3 rings (SSSR count). The molecule has 2 aromatic carbocycles. The van der Waals surface area contributed by atoms with Crippen LogP contribution in [-0.4, -0.2) is 36.1 Å². The maximum atomic E-state index is 12.6. The Hall–Kier alpha value is -3.20. The molecule has 0 fully saturated rings. The first-order valence-corrected chi connectivity index (χ1v) is 8.78. The van der Waals surface area contributed by atoms with Gasteiger partial charge in [-0.25, -0.2) is 18.1 Å². The lowest BCUT2D eigenvalue weighted by molar-refractivity contribution is 0.0963. The lowest BCUT2D eigenvalue weighted by Gasteiger charge is -2.12. The fourth-order valence-electron chi connectivity index (χ4n) is 2.23. The van der Waals surface area contributed by atoms with E-state index in [-0.39, 0.29) is 10.8 Å². The molecule has 3 aromatic rings. The molecule has 1 heterocycles. The maximum absolute atomic E-state index is 12.6. The summed E-state index contributed by atoms with van der Waals surface area (Å²) in [6, 6.07) is 12.5.